The van der Waals surface area contributed by atoms with Gasteiger partial charge in [0.25, 0.3) is 0 Å². The van der Waals surface area contributed by atoms with Gasteiger partial charge in [0.2, 0.25) is 5.91 Å². The number of rotatable bonds is 7. The molecular weight excluding hydrogens is 461 g/mol. The summed E-state index contributed by atoms with van der Waals surface area (Å²) < 4.78 is 7.02. The number of benzene rings is 4. The molecule has 3 nitrogen and oxygen atoms in total. The fourth-order valence-electron chi connectivity index (χ4n) is 5.37. The van der Waals surface area contributed by atoms with Crippen molar-refractivity contribution in [1.82, 2.24) is 0 Å². The van der Waals surface area contributed by atoms with Crippen LogP contribution in [0.2, 0.25) is 0 Å². The average molecular weight is 495 g/mol. The third kappa shape index (κ3) is 4.87. The first-order valence-electron chi connectivity index (χ1n) is 12.8. The highest BCUT2D eigenvalue weighted by Gasteiger charge is 2.55. The van der Waals surface area contributed by atoms with Crippen molar-refractivity contribution in [2.75, 3.05) is 5.32 Å². The third-order valence-electron chi connectivity index (χ3n) is 7.21. The number of para-hydroxylation sites is 1. The number of ether oxygens (including phenoxy) is 1. The van der Waals surface area contributed by atoms with E-state index in [0.717, 1.165) is 24.9 Å². The summed E-state index contributed by atoms with van der Waals surface area (Å²) in [5, 5.41) is 7.02. The average Bonchev–Trinajstić information content (AvgIpc) is 2.95. The summed E-state index contributed by atoms with van der Waals surface area (Å²) in [5.74, 6) is -0.248. The lowest BCUT2D eigenvalue weighted by molar-refractivity contribution is -0.127. The highest BCUT2D eigenvalue weighted by Crippen LogP contribution is 2.62. The molecule has 1 amide bonds. The molecule has 1 aliphatic heterocycles. The molecule has 0 aromatic heterocycles. The van der Waals surface area contributed by atoms with Crippen LogP contribution in [0.3, 0.4) is 0 Å². The van der Waals surface area contributed by atoms with Crippen LogP contribution in [0.4, 0.5) is 5.69 Å². The summed E-state index contributed by atoms with van der Waals surface area (Å²) in [5.41, 5.74) is 0.821. The SMILES string of the molecule is C[C@@H](C(=O)Nc1ccccc1)[C@@H]1CCCC([P+](c2ccccc2)(c2ccccc2)c2ccccc2)O1. The van der Waals surface area contributed by atoms with Crippen LogP contribution in [0, 0.1) is 5.92 Å². The van der Waals surface area contributed by atoms with Crippen LogP contribution in [0.15, 0.2) is 121 Å². The minimum atomic E-state index is -2.16. The highest BCUT2D eigenvalue weighted by molar-refractivity contribution is 7.96. The maximum absolute atomic E-state index is 13.2. The van der Waals surface area contributed by atoms with Gasteiger partial charge in [-0.05, 0) is 61.4 Å². The molecule has 4 aromatic carbocycles. The molecule has 1 fully saturated rings. The van der Waals surface area contributed by atoms with Crippen molar-refractivity contribution in [3.63, 3.8) is 0 Å². The lowest BCUT2D eigenvalue weighted by Gasteiger charge is -2.40. The summed E-state index contributed by atoms with van der Waals surface area (Å²) >= 11 is 0. The Morgan fingerprint density at radius 2 is 1.17 bits per heavy atom. The van der Waals surface area contributed by atoms with Gasteiger partial charge in [-0.2, -0.15) is 0 Å². The number of nitrogens with one attached hydrogen (secondary N) is 1. The van der Waals surface area contributed by atoms with Gasteiger partial charge in [-0.3, -0.25) is 4.79 Å². The molecule has 0 bridgehead atoms. The van der Waals surface area contributed by atoms with Crippen LogP contribution >= 0.6 is 7.26 Å². The summed E-state index contributed by atoms with van der Waals surface area (Å²) in [6.07, 6.45) is 2.75. The number of hydrogen-bond acceptors (Lipinski definition) is 2. The third-order valence-corrected chi connectivity index (χ3v) is 11.8. The predicted octanol–water partition coefficient (Wildman–Crippen LogP) is 6.15. The monoisotopic (exact) mass is 494 g/mol. The molecule has 1 saturated heterocycles. The lowest BCUT2D eigenvalue weighted by Crippen LogP contribution is -2.45. The Morgan fingerprint density at radius 1 is 0.722 bits per heavy atom. The van der Waals surface area contributed by atoms with E-state index < -0.39 is 7.26 Å². The molecule has 0 radical (unpaired) electrons. The maximum Gasteiger partial charge on any atom is 0.229 e. The van der Waals surface area contributed by atoms with Gasteiger partial charge < -0.3 is 10.1 Å². The normalized spacial score (nSPS) is 18.8. The molecule has 1 N–H and O–H groups in total. The van der Waals surface area contributed by atoms with Crippen LogP contribution in [0.25, 0.3) is 0 Å². The van der Waals surface area contributed by atoms with Gasteiger partial charge in [-0.1, -0.05) is 79.7 Å². The Labute approximate surface area is 214 Å². The summed E-state index contributed by atoms with van der Waals surface area (Å²) in [6, 6.07) is 42.2. The zero-order valence-electron chi connectivity index (χ0n) is 20.7. The van der Waals surface area contributed by atoms with Gasteiger partial charge in [0.15, 0.2) is 5.85 Å². The first-order chi connectivity index (χ1) is 17.7. The largest absolute Gasteiger partial charge is 0.338 e. The second kappa shape index (κ2) is 11.2. The van der Waals surface area contributed by atoms with Crippen LogP contribution in [0.5, 0.6) is 0 Å². The molecular formula is C32H33NO2P+. The van der Waals surface area contributed by atoms with Crippen molar-refractivity contribution in [2.45, 2.75) is 38.1 Å². The second-order valence-electron chi connectivity index (χ2n) is 9.43. The van der Waals surface area contributed by atoms with E-state index in [1.165, 1.54) is 15.9 Å². The van der Waals surface area contributed by atoms with Crippen molar-refractivity contribution in [3.8, 4) is 0 Å². The van der Waals surface area contributed by atoms with Crippen molar-refractivity contribution in [2.24, 2.45) is 5.92 Å². The van der Waals surface area contributed by atoms with Gasteiger partial charge in [0, 0.05) is 12.1 Å². The fourth-order valence-corrected chi connectivity index (χ4v) is 10.1. The minimum absolute atomic E-state index is 0.00424. The molecule has 36 heavy (non-hydrogen) atoms. The number of hydrogen-bond donors (Lipinski definition) is 1. The van der Waals surface area contributed by atoms with Gasteiger partial charge in [0.1, 0.15) is 23.2 Å². The Hall–Kier alpha value is -3.26. The Bertz CT molecular complexity index is 1150. The minimum Gasteiger partial charge on any atom is -0.338 e. The van der Waals surface area contributed by atoms with Crippen molar-refractivity contribution < 1.29 is 9.53 Å². The zero-order valence-corrected chi connectivity index (χ0v) is 21.6. The van der Waals surface area contributed by atoms with E-state index in [0.29, 0.717) is 0 Å². The summed E-state index contributed by atoms with van der Waals surface area (Å²) in [6.45, 7) is 2.00. The van der Waals surface area contributed by atoms with E-state index in [9.17, 15) is 4.79 Å². The molecule has 0 saturated carbocycles. The molecule has 1 heterocycles. The molecule has 4 aromatic rings. The van der Waals surface area contributed by atoms with E-state index in [2.05, 4.69) is 96.3 Å². The van der Waals surface area contributed by atoms with Crippen LogP contribution in [-0.4, -0.2) is 17.9 Å². The molecule has 0 spiro atoms. The molecule has 1 aliphatic rings. The van der Waals surface area contributed by atoms with E-state index in [1.54, 1.807) is 0 Å². The van der Waals surface area contributed by atoms with Crippen molar-refractivity contribution >= 4 is 34.8 Å². The topological polar surface area (TPSA) is 38.3 Å². The van der Waals surface area contributed by atoms with Gasteiger partial charge in [-0.15, -0.1) is 0 Å². The smallest absolute Gasteiger partial charge is 0.229 e. The van der Waals surface area contributed by atoms with E-state index >= 15 is 0 Å². The molecule has 182 valence electrons. The van der Waals surface area contributed by atoms with Gasteiger partial charge in [-0.25, -0.2) is 0 Å². The summed E-state index contributed by atoms with van der Waals surface area (Å²) in [4.78, 5) is 13.2. The van der Waals surface area contributed by atoms with Crippen LogP contribution in [-0.2, 0) is 9.53 Å². The quantitative estimate of drug-likeness (QED) is 0.313. The van der Waals surface area contributed by atoms with Crippen LogP contribution in [0.1, 0.15) is 26.2 Å². The molecule has 4 heteroatoms. The molecule has 0 aliphatic carbocycles. The first-order valence-corrected chi connectivity index (χ1v) is 14.6. The Balaban J connectivity index is 1.54. The van der Waals surface area contributed by atoms with Gasteiger partial charge in [0.05, 0.1) is 12.0 Å². The van der Waals surface area contributed by atoms with Crippen LogP contribution < -0.4 is 21.2 Å². The van der Waals surface area contributed by atoms with Crippen molar-refractivity contribution in [3.05, 3.63) is 121 Å². The first kappa shape index (κ1) is 24.4. The van der Waals surface area contributed by atoms with E-state index in [4.69, 9.17) is 4.74 Å². The molecule has 1 unspecified atom stereocenters. The van der Waals surface area contributed by atoms with Crippen molar-refractivity contribution in [1.29, 1.82) is 0 Å². The lowest BCUT2D eigenvalue weighted by atomic mass is 9.96. The molecule has 5 rings (SSSR count). The molecule has 3 atom stereocenters. The van der Waals surface area contributed by atoms with E-state index in [1.807, 2.05) is 37.3 Å². The number of carbonyl (C=O) groups is 1. The number of amides is 1. The summed E-state index contributed by atoms with van der Waals surface area (Å²) in [7, 11) is -2.16. The van der Waals surface area contributed by atoms with Gasteiger partial charge >= 0.3 is 0 Å². The maximum atomic E-state index is 13.2. The fraction of sp³-hybridized carbons (Fsp3) is 0.219. The Kier molecular flexibility index (Phi) is 7.60. The standard InChI is InChI=1S/C32H32NO2P/c1-25(32(34)33-26-15-6-2-7-16-26)30-23-14-24-31(35-30)36(27-17-8-3-9-18-27,28-19-10-4-11-20-28)29-21-12-5-13-22-29/h2-13,15-22,25,30-31H,14,23-24H2,1H3/p+1/t25-,30+,31?/m1/s1. The number of carbonyl (C=O) groups excluding carboxylic acids is 1. The zero-order chi connectivity index (χ0) is 24.8. The Morgan fingerprint density at radius 3 is 1.64 bits per heavy atom. The predicted molar refractivity (Wildman–Crippen MR) is 152 cm³/mol. The highest BCUT2D eigenvalue weighted by atomic mass is 31.2. The second-order valence-corrected chi connectivity index (χ2v) is 13.0. The number of anilines is 1. The van der Waals surface area contributed by atoms with E-state index in [-0.39, 0.29) is 23.8 Å².